The van der Waals surface area contributed by atoms with Crippen LogP contribution in [-0.4, -0.2) is 18.4 Å². The van der Waals surface area contributed by atoms with Crippen molar-refractivity contribution in [1.29, 1.82) is 0 Å². The minimum atomic E-state index is -0.205. The summed E-state index contributed by atoms with van der Waals surface area (Å²) in [7, 11) is 0. The number of rotatable bonds is 3. The van der Waals surface area contributed by atoms with Gasteiger partial charge in [-0.2, -0.15) is 0 Å². The molecule has 2 heterocycles. The number of nitrogens with one attached hydrogen (secondary N) is 1. The smallest absolute Gasteiger partial charge is 0.259 e. The summed E-state index contributed by atoms with van der Waals surface area (Å²) in [5, 5.41) is 2.90. The van der Waals surface area contributed by atoms with Gasteiger partial charge >= 0.3 is 0 Å². The highest BCUT2D eigenvalue weighted by atomic mass is 16.3. The van der Waals surface area contributed by atoms with E-state index in [-0.39, 0.29) is 11.8 Å². The average Bonchev–Trinajstić information content (AvgIpc) is 2.88. The van der Waals surface area contributed by atoms with Gasteiger partial charge in [-0.3, -0.25) is 9.59 Å². The number of furan rings is 1. The number of hydrogen-bond acceptors (Lipinski definition) is 3. The van der Waals surface area contributed by atoms with Crippen molar-refractivity contribution in [2.75, 3.05) is 16.8 Å². The van der Waals surface area contributed by atoms with Crippen LogP contribution < -0.4 is 10.2 Å². The molecule has 3 rings (SSSR count). The van der Waals surface area contributed by atoms with Crippen LogP contribution in [0.25, 0.3) is 0 Å². The first kappa shape index (κ1) is 16.3. The van der Waals surface area contributed by atoms with Crippen molar-refractivity contribution in [3.8, 4) is 0 Å². The Hall–Kier alpha value is -2.56. The SMILES string of the molecule is Cc1cc(C(=O)Nc2ccc(C)c(N3CCCCC3=O)c2)c(C)o1. The Morgan fingerprint density at radius 3 is 2.62 bits per heavy atom. The van der Waals surface area contributed by atoms with Gasteiger partial charge in [0.25, 0.3) is 5.91 Å². The lowest BCUT2D eigenvalue weighted by atomic mass is 10.1. The molecule has 1 aliphatic heterocycles. The molecule has 0 saturated carbocycles. The molecular weight excluding hydrogens is 304 g/mol. The Bertz CT molecular complexity index is 792. The number of nitrogens with zero attached hydrogens (tertiary/aromatic N) is 1. The van der Waals surface area contributed by atoms with Crippen LogP contribution in [0, 0.1) is 20.8 Å². The third-order valence-corrected chi connectivity index (χ3v) is 4.37. The Balaban J connectivity index is 1.84. The van der Waals surface area contributed by atoms with Gasteiger partial charge in [0.15, 0.2) is 0 Å². The van der Waals surface area contributed by atoms with Crippen LogP contribution in [0.3, 0.4) is 0 Å². The van der Waals surface area contributed by atoms with E-state index in [1.807, 2.05) is 36.9 Å². The zero-order chi connectivity index (χ0) is 17.3. The van der Waals surface area contributed by atoms with Crippen molar-refractivity contribution < 1.29 is 14.0 Å². The summed E-state index contributed by atoms with van der Waals surface area (Å²) in [6, 6.07) is 7.39. The molecule has 0 unspecified atom stereocenters. The summed E-state index contributed by atoms with van der Waals surface area (Å²) in [6.45, 7) is 6.30. The van der Waals surface area contributed by atoms with Crippen LogP contribution in [0.2, 0.25) is 0 Å². The van der Waals surface area contributed by atoms with Gasteiger partial charge in [-0.1, -0.05) is 6.07 Å². The number of aryl methyl sites for hydroxylation is 3. The average molecular weight is 326 g/mol. The number of carbonyl (C=O) groups is 2. The quantitative estimate of drug-likeness (QED) is 0.928. The van der Waals surface area contributed by atoms with Gasteiger partial charge in [0.2, 0.25) is 5.91 Å². The topological polar surface area (TPSA) is 62.6 Å². The fraction of sp³-hybridized carbons (Fsp3) is 0.368. The number of piperidine rings is 1. The number of benzene rings is 1. The van der Waals surface area contributed by atoms with Crippen molar-refractivity contribution in [1.82, 2.24) is 0 Å². The molecule has 1 saturated heterocycles. The molecule has 5 nitrogen and oxygen atoms in total. The lowest BCUT2D eigenvalue weighted by Gasteiger charge is -2.28. The summed E-state index contributed by atoms with van der Waals surface area (Å²) in [5.74, 6) is 1.25. The fourth-order valence-electron chi connectivity index (χ4n) is 3.09. The molecule has 1 aliphatic rings. The van der Waals surface area contributed by atoms with Crippen LogP contribution in [0.5, 0.6) is 0 Å². The summed E-state index contributed by atoms with van der Waals surface area (Å²) in [6.07, 6.45) is 2.54. The van der Waals surface area contributed by atoms with Gasteiger partial charge in [0.1, 0.15) is 11.5 Å². The van der Waals surface area contributed by atoms with Crippen LogP contribution in [0.1, 0.15) is 46.7 Å². The van der Waals surface area contributed by atoms with E-state index in [9.17, 15) is 9.59 Å². The third-order valence-electron chi connectivity index (χ3n) is 4.37. The molecule has 0 spiro atoms. The van der Waals surface area contributed by atoms with Crippen molar-refractivity contribution in [3.05, 3.63) is 46.9 Å². The van der Waals surface area contributed by atoms with Gasteiger partial charge in [-0.15, -0.1) is 0 Å². The van der Waals surface area contributed by atoms with E-state index < -0.39 is 0 Å². The van der Waals surface area contributed by atoms with E-state index in [0.29, 0.717) is 29.2 Å². The second-order valence-electron chi connectivity index (χ2n) is 6.28. The van der Waals surface area contributed by atoms with E-state index in [1.165, 1.54) is 0 Å². The molecule has 1 aromatic carbocycles. The minimum absolute atomic E-state index is 0.147. The maximum atomic E-state index is 12.4. The first-order valence-corrected chi connectivity index (χ1v) is 8.25. The summed E-state index contributed by atoms with van der Waals surface area (Å²) in [5.41, 5.74) is 3.11. The highest BCUT2D eigenvalue weighted by Crippen LogP contribution is 2.28. The molecule has 2 aromatic rings. The van der Waals surface area contributed by atoms with E-state index in [2.05, 4.69) is 5.32 Å². The normalized spacial score (nSPS) is 14.8. The lowest BCUT2D eigenvalue weighted by molar-refractivity contribution is -0.119. The Kier molecular flexibility index (Phi) is 4.42. The van der Waals surface area contributed by atoms with Gasteiger partial charge in [-0.05, 0) is 57.4 Å². The molecule has 0 aliphatic carbocycles. The molecule has 0 bridgehead atoms. The third kappa shape index (κ3) is 3.20. The molecule has 1 aromatic heterocycles. The maximum absolute atomic E-state index is 12.4. The van der Waals surface area contributed by atoms with Crippen molar-refractivity contribution in [3.63, 3.8) is 0 Å². The van der Waals surface area contributed by atoms with Crippen molar-refractivity contribution >= 4 is 23.2 Å². The van der Waals surface area contributed by atoms with Gasteiger partial charge in [-0.25, -0.2) is 0 Å². The summed E-state index contributed by atoms with van der Waals surface area (Å²) < 4.78 is 5.41. The fourth-order valence-corrected chi connectivity index (χ4v) is 3.09. The molecule has 0 atom stereocenters. The van der Waals surface area contributed by atoms with E-state index in [1.54, 1.807) is 13.0 Å². The van der Waals surface area contributed by atoms with Crippen LogP contribution in [-0.2, 0) is 4.79 Å². The first-order valence-electron chi connectivity index (χ1n) is 8.25. The van der Waals surface area contributed by atoms with Crippen molar-refractivity contribution in [2.45, 2.75) is 40.0 Å². The zero-order valence-corrected chi connectivity index (χ0v) is 14.3. The van der Waals surface area contributed by atoms with Crippen LogP contribution >= 0.6 is 0 Å². The van der Waals surface area contributed by atoms with E-state index in [0.717, 1.165) is 30.6 Å². The van der Waals surface area contributed by atoms with E-state index in [4.69, 9.17) is 4.42 Å². The predicted octanol–water partition coefficient (Wildman–Crippen LogP) is 3.97. The van der Waals surface area contributed by atoms with Gasteiger partial charge < -0.3 is 14.6 Å². The first-order chi connectivity index (χ1) is 11.5. The predicted molar refractivity (Wildman–Crippen MR) is 93.5 cm³/mol. The Morgan fingerprint density at radius 2 is 1.96 bits per heavy atom. The van der Waals surface area contributed by atoms with Gasteiger partial charge in [0, 0.05) is 24.3 Å². The minimum Gasteiger partial charge on any atom is -0.466 e. The molecule has 2 amide bonds. The number of anilines is 2. The summed E-state index contributed by atoms with van der Waals surface area (Å²) in [4.78, 5) is 26.4. The zero-order valence-electron chi connectivity index (χ0n) is 14.3. The second-order valence-corrected chi connectivity index (χ2v) is 6.28. The molecule has 1 fully saturated rings. The van der Waals surface area contributed by atoms with Gasteiger partial charge in [0.05, 0.1) is 5.56 Å². The second kappa shape index (κ2) is 6.51. The molecule has 0 radical (unpaired) electrons. The lowest BCUT2D eigenvalue weighted by Crippen LogP contribution is -2.35. The van der Waals surface area contributed by atoms with Crippen LogP contribution in [0.15, 0.2) is 28.7 Å². The molecular formula is C19H22N2O3. The maximum Gasteiger partial charge on any atom is 0.259 e. The molecule has 126 valence electrons. The number of carbonyl (C=O) groups excluding carboxylic acids is 2. The molecule has 1 N–H and O–H groups in total. The standard InChI is InChI=1S/C19H22N2O3/c1-12-7-8-15(11-17(12)21-9-5-4-6-18(21)22)20-19(23)16-10-13(2)24-14(16)3/h7-8,10-11H,4-6,9H2,1-3H3,(H,20,23). The number of amides is 2. The Labute approximate surface area is 141 Å². The molecule has 5 heteroatoms. The Morgan fingerprint density at radius 1 is 1.17 bits per heavy atom. The van der Waals surface area contributed by atoms with E-state index >= 15 is 0 Å². The van der Waals surface area contributed by atoms with Crippen molar-refractivity contribution in [2.24, 2.45) is 0 Å². The highest BCUT2D eigenvalue weighted by Gasteiger charge is 2.22. The number of hydrogen-bond donors (Lipinski definition) is 1. The monoisotopic (exact) mass is 326 g/mol. The largest absolute Gasteiger partial charge is 0.466 e. The molecule has 24 heavy (non-hydrogen) atoms. The van der Waals surface area contributed by atoms with Crippen LogP contribution in [0.4, 0.5) is 11.4 Å². The highest BCUT2D eigenvalue weighted by molar-refractivity contribution is 6.05. The summed E-state index contributed by atoms with van der Waals surface area (Å²) >= 11 is 0.